The van der Waals surface area contributed by atoms with Crippen molar-refractivity contribution >= 4 is 11.6 Å². The summed E-state index contributed by atoms with van der Waals surface area (Å²) in [4.78, 5) is 5.53. The molecule has 0 amide bonds. The maximum absolute atomic E-state index is 14.0. The molecule has 21 heavy (non-hydrogen) atoms. The van der Waals surface area contributed by atoms with Gasteiger partial charge >= 0.3 is 0 Å². The van der Waals surface area contributed by atoms with Gasteiger partial charge in [0.2, 0.25) is 0 Å². The summed E-state index contributed by atoms with van der Waals surface area (Å²) in [6.07, 6.45) is 0. The zero-order chi connectivity index (χ0) is 15.2. The average molecular weight is 293 g/mol. The number of aliphatic hydroxyl groups excluding tert-OH is 1. The summed E-state index contributed by atoms with van der Waals surface area (Å²) >= 11 is 0. The zero-order valence-corrected chi connectivity index (χ0v) is 11.7. The number of pyridine rings is 1. The molecule has 0 spiro atoms. The second kappa shape index (κ2) is 6.99. The number of anilines is 2. The number of rotatable bonds is 6. The van der Waals surface area contributed by atoms with Gasteiger partial charge in [-0.15, -0.1) is 0 Å². The fraction of sp³-hybridized carbons (Fsp3) is 0.267. The van der Waals surface area contributed by atoms with Crippen LogP contribution in [0.4, 0.5) is 20.4 Å². The van der Waals surface area contributed by atoms with Gasteiger partial charge in [0.25, 0.3) is 0 Å². The molecule has 0 aliphatic heterocycles. The third-order valence-electron chi connectivity index (χ3n) is 3.03. The van der Waals surface area contributed by atoms with Crippen LogP contribution in [-0.4, -0.2) is 30.3 Å². The van der Waals surface area contributed by atoms with E-state index in [-0.39, 0.29) is 24.8 Å². The Balaban J connectivity index is 2.33. The summed E-state index contributed by atoms with van der Waals surface area (Å²) in [6.45, 7) is 0.425. The van der Waals surface area contributed by atoms with Gasteiger partial charge < -0.3 is 15.3 Å². The fourth-order valence-corrected chi connectivity index (χ4v) is 2.04. The number of nitrogens with zero attached hydrogens (tertiary/aromatic N) is 2. The van der Waals surface area contributed by atoms with Crippen molar-refractivity contribution in [1.82, 2.24) is 4.98 Å². The van der Waals surface area contributed by atoms with E-state index in [1.165, 1.54) is 7.05 Å². The molecule has 1 heterocycles. The molecule has 0 atom stereocenters. The van der Waals surface area contributed by atoms with Crippen LogP contribution in [0.5, 0.6) is 0 Å². The minimum absolute atomic E-state index is 0.0126. The summed E-state index contributed by atoms with van der Waals surface area (Å²) in [5.41, 5.74) is 0.947. The topological polar surface area (TPSA) is 48.4 Å². The second-order valence-corrected chi connectivity index (χ2v) is 4.50. The molecular weight excluding hydrogens is 276 g/mol. The first-order valence-corrected chi connectivity index (χ1v) is 6.59. The molecular formula is C15H17F2N3O. The number of hydrogen-bond donors (Lipinski definition) is 2. The van der Waals surface area contributed by atoms with Gasteiger partial charge in [-0.2, -0.15) is 0 Å². The first-order valence-electron chi connectivity index (χ1n) is 6.59. The summed E-state index contributed by atoms with van der Waals surface area (Å²) < 4.78 is 27.5. The van der Waals surface area contributed by atoms with Crippen molar-refractivity contribution in [2.75, 3.05) is 30.4 Å². The van der Waals surface area contributed by atoms with E-state index in [2.05, 4.69) is 10.3 Å². The molecule has 0 bridgehead atoms. The highest BCUT2D eigenvalue weighted by Gasteiger charge is 2.17. The largest absolute Gasteiger partial charge is 0.395 e. The van der Waals surface area contributed by atoms with Gasteiger partial charge in [-0.3, -0.25) is 0 Å². The second-order valence-electron chi connectivity index (χ2n) is 4.50. The zero-order valence-electron chi connectivity index (χ0n) is 11.7. The lowest BCUT2D eigenvalue weighted by atomic mass is 10.2. The van der Waals surface area contributed by atoms with Crippen LogP contribution in [0.1, 0.15) is 5.56 Å². The summed E-state index contributed by atoms with van der Waals surface area (Å²) in [5, 5.41) is 11.7. The molecule has 112 valence electrons. The van der Waals surface area contributed by atoms with Crippen molar-refractivity contribution in [3.8, 4) is 0 Å². The molecule has 2 aromatic rings. The normalized spacial score (nSPS) is 10.5. The van der Waals surface area contributed by atoms with Crippen LogP contribution in [0.15, 0.2) is 36.4 Å². The highest BCUT2D eigenvalue weighted by molar-refractivity contribution is 5.49. The lowest BCUT2D eigenvalue weighted by molar-refractivity contribution is 0.300. The standard InChI is InChI=1S/C15H17F2N3O/c1-18-14-12(16)9-13(17)15(19-14)20(7-8-21)10-11-5-3-2-4-6-11/h2-6,9,21H,7-8,10H2,1H3,(H,18,19). The van der Waals surface area contributed by atoms with E-state index in [1.54, 1.807) is 4.90 Å². The number of hydrogen-bond acceptors (Lipinski definition) is 4. The summed E-state index contributed by atoms with van der Waals surface area (Å²) in [6, 6.07) is 10.2. The van der Waals surface area contributed by atoms with Crippen molar-refractivity contribution in [3.63, 3.8) is 0 Å². The number of benzene rings is 1. The molecule has 0 unspecified atom stereocenters. The van der Waals surface area contributed by atoms with Crippen LogP contribution in [0.2, 0.25) is 0 Å². The van der Waals surface area contributed by atoms with Crippen LogP contribution in [0.3, 0.4) is 0 Å². The highest BCUT2D eigenvalue weighted by atomic mass is 19.1. The van der Waals surface area contributed by atoms with Gasteiger partial charge in [0.05, 0.1) is 6.61 Å². The highest BCUT2D eigenvalue weighted by Crippen LogP contribution is 2.23. The van der Waals surface area contributed by atoms with Gasteiger partial charge in [0, 0.05) is 26.2 Å². The number of nitrogens with one attached hydrogen (secondary N) is 1. The van der Waals surface area contributed by atoms with Crippen molar-refractivity contribution in [2.24, 2.45) is 0 Å². The number of aromatic nitrogens is 1. The predicted octanol–water partition coefficient (Wildman–Crippen LogP) is 2.40. The Hall–Kier alpha value is -2.21. The van der Waals surface area contributed by atoms with E-state index in [9.17, 15) is 8.78 Å². The first-order chi connectivity index (χ1) is 10.2. The van der Waals surface area contributed by atoms with Crippen molar-refractivity contribution in [3.05, 3.63) is 53.6 Å². The molecule has 1 aromatic heterocycles. The molecule has 1 aromatic carbocycles. The maximum atomic E-state index is 14.0. The van der Waals surface area contributed by atoms with Gasteiger partial charge in [-0.1, -0.05) is 30.3 Å². The molecule has 4 nitrogen and oxygen atoms in total. The summed E-state index contributed by atoms with van der Waals surface area (Å²) in [5.74, 6) is -1.51. The molecule has 2 N–H and O–H groups in total. The van der Waals surface area contributed by atoms with E-state index in [0.29, 0.717) is 6.54 Å². The minimum atomic E-state index is -0.754. The molecule has 0 aliphatic carbocycles. The van der Waals surface area contributed by atoms with Crippen LogP contribution in [0.25, 0.3) is 0 Å². The lowest BCUT2D eigenvalue weighted by Gasteiger charge is -2.24. The van der Waals surface area contributed by atoms with Gasteiger partial charge in [0.15, 0.2) is 23.3 Å². The van der Waals surface area contributed by atoms with Crippen molar-refractivity contribution in [2.45, 2.75) is 6.54 Å². The van der Waals surface area contributed by atoms with E-state index < -0.39 is 11.6 Å². The predicted molar refractivity (Wildman–Crippen MR) is 78.3 cm³/mol. The SMILES string of the molecule is CNc1nc(N(CCO)Cc2ccccc2)c(F)cc1F. The van der Waals surface area contributed by atoms with E-state index in [1.807, 2.05) is 30.3 Å². The number of halogens is 2. The van der Waals surface area contributed by atoms with Crippen molar-refractivity contribution in [1.29, 1.82) is 0 Å². The van der Waals surface area contributed by atoms with E-state index >= 15 is 0 Å². The third-order valence-corrected chi connectivity index (χ3v) is 3.03. The molecule has 6 heteroatoms. The first kappa shape index (κ1) is 15.2. The Labute approximate surface area is 122 Å². The van der Waals surface area contributed by atoms with Crippen LogP contribution in [-0.2, 0) is 6.54 Å². The maximum Gasteiger partial charge on any atom is 0.168 e. The molecule has 0 saturated carbocycles. The Bertz CT molecular complexity index is 593. The summed E-state index contributed by atoms with van der Waals surface area (Å²) in [7, 11) is 1.51. The van der Waals surface area contributed by atoms with Crippen molar-refractivity contribution < 1.29 is 13.9 Å². The Kier molecular flexibility index (Phi) is 5.05. The average Bonchev–Trinajstić information content (AvgIpc) is 2.48. The van der Waals surface area contributed by atoms with Gasteiger partial charge in [0.1, 0.15) is 0 Å². The Morgan fingerprint density at radius 1 is 1.19 bits per heavy atom. The molecule has 0 aliphatic rings. The van der Waals surface area contributed by atoms with Gasteiger partial charge in [-0.05, 0) is 5.56 Å². The van der Waals surface area contributed by atoms with E-state index in [4.69, 9.17) is 5.11 Å². The monoisotopic (exact) mass is 293 g/mol. The Morgan fingerprint density at radius 2 is 1.90 bits per heavy atom. The molecule has 0 radical (unpaired) electrons. The number of aliphatic hydroxyl groups is 1. The quantitative estimate of drug-likeness (QED) is 0.858. The van der Waals surface area contributed by atoms with Crippen LogP contribution in [0, 0.1) is 11.6 Å². The lowest BCUT2D eigenvalue weighted by Crippen LogP contribution is -2.28. The molecule has 0 fully saturated rings. The molecule has 2 rings (SSSR count). The Morgan fingerprint density at radius 3 is 2.52 bits per heavy atom. The van der Waals surface area contributed by atoms with Crippen LogP contribution >= 0.6 is 0 Å². The minimum Gasteiger partial charge on any atom is -0.395 e. The fourth-order valence-electron chi connectivity index (χ4n) is 2.04. The van der Waals surface area contributed by atoms with Gasteiger partial charge in [-0.25, -0.2) is 13.8 Å². The third kappa shape index (κ3) is 3.66. The van der Waals surface area contributed by atoms with E-state index in [0.717, 1.165) is 11.6 Å². The molecule has 0 saturated heterocycles. The van der Waals surface area contributed by atoms with Crippen LogP contribution < -0.4 is 10.2 Å². The smallest absolute Gasteiger partial charge is 0.168 e.